The van der Waals surface area contributed by atoms with Gasteiger partial charge in [-0.15, -0.1) is 0 Å². The number of β-lactam (4-membered cyclic amide) rings is 1. The molecular formula is C25H25N3O2. The molecule has 0 spiro atoms. The van der Waals surface area contributed by atoms with Gasteiger partial charge in [0.2, 0.25) is 11.8 Å². The average molecular weight is 399 g/mol. The third kappa shape index (κ3) is 3.41. The maximum Gasteiger partial charge on any atom is 0.247 e. The molecule has 5 rings (SSSR count). The molecule has 1 saturated heterocycles. The number of aromatic amines is 1. The van der Waals surface area contributed by atoms with E-state index >= 15 is 0 Å². The van der Waals surface area contributed by atoms with Gasteiger partial charge in [0.1, 0.15) is 6.04 Å². The number of amides is 2. The second kappa shape index (κ2) is 7.82. The van der Waals surface area contributed by atoms with E-state index in [2.05, 4.69) is 22.5 Å². The van der Waals surface area contributed by atoms with Crippen LogP contribution in [0.3, 0.4) is 0 Å². The van der Waals surface area contributed by atoms with Gasteiger partial charge in [-0.2, -0.15) is 0 Å². The molecule has 3 aromatic rings. The van der Waals surface area contributed by atoms with E-state index in [9.17, 15) is 9.59 Å². The second-order valence-electron chi connectivity index (χ2n) is 8.19. The molecule has 2 heterocycles. The fourth-order valence-corrected chi connectivity index (χ4v) is 4.75. The quantitative estimate of drug-likeness (QED) is 0.478. The minimum absolute atomic E-state index is 0.0347. The number of nitrogens with zero attached hydrogens (tertiary/aromatic N) is 1. The normalized spacial score (nSPS) is 22.0. The van der Waals surface area contributed by atoms with Gasteiger partial charge < -0.3 is 15.2 Å². The first kappa shape index (κ1) is 18.7. The van der Waals surface area contributed by atoms with Gasteiger partial charge in [0.15, 0.2) is 0 Å². The van der Waals surface area contributed by atoms with Gasteiger partial charge in [0.25, 0.3) is 0 Å². The Morgan fingerprint density at radius 2 is 1.97 bits per heavy atom. The molecule has 1 aliphatic heterocycles. The standard InChI is InChI=1S/C25H25N3O2/c29-23-16-22(17-7-3-1-4-8-17)28(23)24(18-9-5-2-6-10-18)25(30)27-20-11-12-21-19(15-20)13-14-26-21/h1-5,7-8,11-15,18,22,24,26H,6,9-10,16H2,(H,27,30)/t18-,22-,24+/m1/s1. The van der Waals surface area contributed by atoms with Crippen molar-refractivity contribution in [3.05, 3.63) is 78.5 Å². The first-order valence-electron chi connectivity index (χ1n) is 10.6. The van der Waals surface area contributed by atoms with Crippen molar-refractivity contribution in [3.8, 4) is 0 Å². The van der Waals surface area contributed by atoms with Gasteiger partial charge in [0.05, 0.1) is 12.5 Å². The lowest BCUT2D eigenvalue weighted by atomic mass is 9.81. The molecule has 2 aliphatic rings. The monoisotopic (exact) mass is 399 g/mol. The van der Waals surface area contributed by atoms with Crippen molar-refractivity contribution in [1.29, 1.82) is 0 Å². The minimum atomic E-state index is -0.469. The molecule has 2 aromatic carbocycles. The van der Waals surface area contributed by atoms with Crippen LogP contribution in [0.25, 0.3) is 10.9 Å². The highest BCUT2D eigenvalue weighted by Gasteiger charge is 2.47. The molecule has 0 saturated carbocycles. The molecule has 0 bridgehead atoms. The number of carbonyl (C=O) groups excluding carboxylic acids is 2. The van der Waals surface area contributed by atoms with Crippen LogP contribution in [0.2, 0.25) is 0 Å². The highest BCUT2D eigenvalue weighted by molar-refractivity contribution is 6.00. The summed E-state index contributed by atoms with van der Waals surface area (Å²) in [5.41, 5.74) is 2.88. The number of allylic oxidation sites excluding steroid dienone is 2. The summed E-state index contributed by atoms with van der Waals surface area (Å²) >= 11 is 0. The molecule has 1 aromatic heterocycles. The van der Waals surface area contributed by atoms with Gasteiger partial charge in [0, 0.05) is 22.8 Å². The fraction of sp³-hybridized carbons (Fsp3) is 0.280. The van der Waals surface area contributed by atoms with Crippen molar-refractivity contribution in [1.82, 2.24) is 9.88 Å². The molecule has 30 heavy (non-hydrogen) atoms. The molecule has 152 valence electrons. The summed E-state index contributed by atoms with van der Waals surface area (Å²) in [6, 6.07) is 17.3. The van der Waals surface area contributed by atoms with E-state index < -0.39 is 6.04 Å². The van der Waals surface area contributed by atoms with Gasteiger partial charge in [-0.3, -0.25) is 9.59 Å². The topological polar surface area (TPSA) is 65.2 Å². The number of H-pyrrole nitrogens is 1. The SMILES string of the molecule is O=C(Nc1ccc2[nH]ccc2c1)[C@H]([C@@H]1CC=CCC1)N1C(=O)C[C@@H]1c1ccccc1. The predicted molar refractivity (Wildman–Crippen MR) is 118 cm³/mol. The van der Waals surface area contributed by atoms with Crippen LogP contribution in [-0.4, -0.2) is 27.7 Å². The molecule has 0 unspecified atom stereocenters. The Kier molecular flexibility index (Phi) is 4.87. The van der Waals surface area contributed by atoms with E-state index in [0.29, 0.717) is 6.42 Å². The number of benzene rings is 2. The maximum absolute atomic E-state index is 13.5. The molecule has 5 nitrogen and oxygen atoms in total. The van der Waals surface area contributed by atoms with E-state index in [4.69, 9.17) is 0 Å². The van der Waals surface area contributed by atoms with Gasteiger partial charge in [-0.25, -0.2) is 0 Å². The minimum Gasteiger partial charge on any atom is -0.361 e. The molecule has 1 fully saturated rings. The van der Waals surface area contributed by atoms with Crippen LogP contribution in [0.15, 0.2) is 72.9 Å². The van der Waals surface area contributed by atoms with E-state index in [1.165, 1.54) is 0 Å². The van der Waals surface area contributed by atoms with Crippen LogP contribution in [0.4, 0.5) is 5.69 Å². The molecule has 1 aliphatic carbocycles. The van der Waals surface area contributed by atoms with Crippen molar-refractivity contribution < 1.29 is 9.59 Å². The smallest absolute Gasteiger partial charge is 0.247 e. The van der Waals surface area contributed by atoms with Crippen molar-refractivity contribution in [2.75, 3.05) is 5.32 Å². The van der Waals surface area contributed by atoms with Gasteiger partial charge in [-0.1, -0.05) is 42.5 Å². The number of hydrogen-bond donors (Lipinski definition) is 2. The van der Waals surface area contributed by atoms with Gasteiger partial charge >= 0.3 is 0 Å². The van der Waals surface area contributed by atoms with E-state index in [-0.39, 0.29) is 23.8 Å². The van der Waals surface area contributed by atoms with Crippen LogP contribution in [0, 0.1) is 5.92 Å². The maximum atomic E-state index is 13.5. The number of nitrogens with one attached hydrogen (secondary N) is 2. The van der Waals surface area contributed by atoms with E-state index in [0.717, 1.165) is 41.4 Å². The van der Waals surface area contributed by atoms with Gasteiger partial charge in [-0.05, 0) is 55.0 Å². The Morgan fingerprint density at radius 3 is 2.73 bits per heavy atom. The summed E-state index contributed by atoms with van der Waals surface area (Å²) in [5.74, 6) is 0.0836. The second-order valence-corrected chi connectivity index (χ2v) is 8.19. The lowest BCUT2D eigenvalue weighted by Gasteiger charge is -2.48. The van der Waals surface area contributed by atoms with Crippen LogP contribution in [0.5, 0.6) is 0 Å². The summed E-state index contributed by atoms with van der Waals surface area (Å²) < 4.78 is 0. The molecular weight excluding hydrogens is 374 g/mol. The largest absolute Gasteiger partial charge is 0.361 e. The van der Waals surface area contributed by atoms with Crippen molar-refractivity contribution in [2.45, 2.75) is 37.8 Å². The fourth-order valence-electron chi connectivity index (χ4n) is 4.75. The third-order valence-electron chi connectivity index (χ3n) is 6.32. The Morgan fingerprint density at radius 1 is 1.10 bits per heavy atom. The van der Waals surface area contributed by atoms with Crippen LogP contribution < -0.4 is 5.32 Å². The first-order valence-corrected chi connectivity index (χ1v) is 10.6. The highest BCUT2D eigenvalue weighted by atomic mass is 16.2. The van der Waals surface area contributed by atoms with E-state index in [1.54, 1.807) is 0 Å². The first-order chi connectivity index (χ1) is 14.7. The molecule has 2 amide bonds. The zero-order valence-corrected chi connectivity index (χ0v) is 16.8. The Labute approximate surface area is 175 Å². The number of anilines is 1. The number of rotatable bonds is 5. The Balaban J connectivity index is 1.44. The van der Waals surface area contributed by atoms with Crippen molar-refractivity contribution in [3.63, 3.8) is 0 Å². The summed E-state index contributed by atoms with van der Waals surface area (Å²) in [6.45, 7) is 0. The zero-order chi connectivity index (χ0) is 20.5. The zero-order valence-electron chi connectivity index (χ0n) is 16.8. The van der Waals surface area contributed by atoms with Crippen LogP contribution in [-0.2, 0) is 9.59 Å². The number of likely N-dealkylation sites (tertiary alicyclic amines) is 1. The molecule has 3 atom stereocenters. The van der Waals surface area contributed by atoms with E-state index in [1.807, 2.05) is 65.7 Å². The summed E-state index contributed by atoms with van der Waals surface area (Å²) in [4.78, 5) is 31.2. The van der Waals surface area contributed by atoms with Crippen LogP contribution >= 0.6 is 0 Å². The number of hydrogen-bond acceptors (Lipinski definition) is 2. The van der Waals surface area contributed by atoms with Crippen molar-refractivity contribution >= 4 is 28.4 Å². The number of fused-ring (bicyclic) bond motifs is 1. The molecule has 0 radical (unpaired) electrons. The lowest BCUT2D eigenvalue weighted by molar-refractivity contribution is -0.157. The van der Waals surface area contributed by atoms with Crippen molar-refractivity contribution in [2.24, 2.45) is 5.92 Å². The number of aromatic nitrogens is 1. The lowest BCUT2D eigenvalue weighted by Crippen LogP contribution is -2.59. The third-order valence-corrected chi connectivity index (χ3v) is 6.32. The summed E-state index contributed by atoms with van der Waals surface area (Å²) in [6.07, 6.45) is 9.33. The summed E-state index contributed by atoms with van der Waals surface area (Å²) in [5, 5.41) is 4.14. The highest BCUT2D eigenvalue weighted by Crippen LogP contribution is 2.40. The Hall–Kier alpha value is -3.34. The average Bonchev–Trinajstić information content (AvgIpc) is 3.24. The number of carbonyl (C=O) groups is 2. The summed E-state index contributed by atoms with van der Waals surface area (Å²) in [7, 11) is 0. The predicted octanol–water partition coefficient (Wildman–Crippen LogP) is 4.80. The van der Waals surface area contributed by atoms with Crippen LogP contribution in [0.1, 0.15) is 37.3 Å². The molecule has 5 heteroatoms. The Bertz CT molecular complexity index is 1100. The molecule has 2 N–H and O–H groups in total.